The molecule has 0 bridgehead atoms. The number of carbonyl (C=O) groups excluding carboxylic acids is 1. The standard InChI is InChI=1S/C11H16ClN3O3S/c1-13-6-5-11(16)14-8-3-4-10(9(12)7-8)15-19(2,17)18/h3-4,7,13,15H,5-6H2,1-2H3,(H,14,16). The van der Waals surface area contributed by atoms with Crippen molar-refractivity contribution in [1.82, 2.24) is 5.32 Å². The van der Waals surface area contributed by atoms with E-state index in [4.69, 9.17) is 11.6 Å². The van der Waals surface area contributed by atoms with Gasteiger partial charge in [-0.15, -0.1) is 0 Å². The average Bonchev–Trinajstić information content (AvgIpc) is 2.28. The Bertz CT molecular complexity index is 560. The van der Waals surface area contributed by atoms with Gasteiger partial charge >= 0.3 is 0 Å². The van der Waals surface area contributed by atoms with E-state index in [1.165, 1.54) is 12.1 Å². The fourth-order valence-corrected chi connectivity index (χ4v) is 2.20. The summed E-state index contributed by atoms with van der Waals surface area (Å²) >= 11 is 5.93. The van der Waals surface area contributed by atoms with E-state index >= 15 is 0 Å². The van der Waals surface area contributed by atoms with E-state index in [2.05, 4.69) is 15.4 Å². The smallest absolute Gasteiger partial charge is 0.229 e. The number of hydrogen-bond acceptors (Lipinski definition) is 4. The van der Waals surface area contributed by atoms with Gasteiger partial charge < -0.3 is 10.6 Å². The molecule has 106 valence electrons. The fraction of sp³-hybridized carbons (Fsp3) is 0.364. The summed E-state index contributed by atoms with van der Waals surface area (Å²) in [5.74, 6) is -0.144. The maximum atomic E-state index is 11.5. The minimum absolute atomic E-state index is 0.144. The molecule has 0 aliphatic heterocycles. The van der Waals surface area contributed by atoms with Crippen molar-refractivity contribution in [3.05, 3.63) is 23.2 Å². The molecule has 0 spiro atoms. The van der Waals surface area contributed by atoms with Crippen LogP contribution in [0.4, 0.5) is 11.4 Å². The summed E-state index contributed by atoms with van der Waals surface area (Å²) in [4.78, 5) is 11.5. The zero-order chi connectivity index (χ0) is 14.5. The van der Waals surface area contributed by atoms with Crippen molar-refractivity contribution in [3.63, 3.8) is 0 Å². The molecule has 1 rings (SSSR count). The van der Waals surface area contributed by atoms with Gasteiger partial charge in [-0.3, -0.25) is 9.52 Å². The van der Waals surface area contributed by atoms with Gasteiger partial charge in [-0.05, 0) is 25.2 Å². The van der Waals surface area contributed by atoms with Crippen LogP contribution in [-0.2, 0) is 14.8 Å². The molecule has 0 aliphatic carbocycles. The normalized spacial score (nSPS) is 11.1. The number of hydrogen-bond donors (Lipinski definition) is 3. The van der Waals surface area contributed by atoms with Crippen molar-refractivity contribution in [2.45, 2.75) is 6.42 Å². The van der Waals surface area contributed by atoms with Crippen molar-refractivity contribution in [3.8, 4) is 0 Å². The number of carbonyl (C=O) groups is 1. The van der Waals surface area contributed by atoms with Crippen molar-refractivity contribution >= 4 is 38.9 Å². The number of benzene rings is 1. The van der Waals surface area contributed by atoms with E-state index in [9.17, 15) is 13.2 Å². The molecule has 0 heterocycles. The van der Waals surface area contributed by atoms with Crippen LogP contribution in [-0.4, -0.2) is 34.2 Å². The van der Waals surface area contributed by atoms with Crippen LogP contribution in [0.1, 0.15) is 6.42 Å². The highest BCUT2D eigenvalue weighted by Crippen LogP contribution is 2.26. The van der Waals surface area contributed by atoms with Crippen LogP contribution < -0.4 is 15.4 Å². The first-order valence-corrected chi connectivity index (χ1v) is 7.80. The number of halogens is 1. The van der Waals surface area contributed by atoms with Crippen LogP contribution in [0.15, 0.2) is 18.2 Å². The van der Waals surface area contributed by atoms with Crippen molar-refractivity contribution in [2.75, 3.05) is 29.9 Å². The second kappa shape index (κ2) is 6.74. The lowest BCUT2D eigenvalue weighted by Gasteiger charge is -2.09. The Balaban J connectivity index is 2.74. The van der Waals surface area contributed by atoms with Gasteiger partial charge in [0.1, 0.15) is 0 Å². The lowest BCUT2D eigenvalue weighted by molar-refractivity contribution is -0.116. The zero-order valence-electron chi connectivity index (χ0n) is 10.7. The predicted molar refractivity (Wildman–Crippen MR) is 77.1 cm³/mol. The third kappa shape index (κ3) is 5.91. The largest absolute Gasteiger partial charge is 0.326 e. The first-order valence-electron chi connectivity index (χ1n) is 5.53. The molecule has 0 atom stereocenters. The molecule has 19 heavy (non-hydrogen) atoms. The number of sulfonamides is 1. The van der Waals surface area contributed by atoms with Crippen LogP contribution in [0.2, 0.25) is 5.02 Å². The average molecular weight is 306 g/mol. The van der Waals surface area contributed by atoms with Gasteiger partial charge in [0, 0.05) is 18.7 Å². The first-order chi connectivity index (χ1) is 8.81. The molecular weight excluding hydrogens is 290 g/mol. The lowest BCUT2D eigenvalue weighted by atomic mass is 10.2. The van der Waals surface area contributed by atoms with Crippen LogP contribution in [0, 0.1) is 0 Å². The van der Waals surface area contributed by atoms with Crippen LogP contribution in [0.25, 0.3) is 0 Å². The maximum Gasteiger partial charge on any atom is 0.229 e. The SMILES string of the molecule is CNCCC(=O)Nc1ccc(NS(C)(=O)=O)c(Cl)c1. The summed E-state index contributed by atoms with van der Waals surface area (Å²) in [5, 5.41) is 5.75. The molecule has 8 heteroatoms. The molecule has 0 saturated heterocycles. The minimum atomic E-state index is -3.38. The van der Waals surface area contributed by atoms with Crippen LogP contribution in [0.5, 0.6) is 0 Å². The van der Waals surface area contributed by atoms with E-state index in [1.54, 1.807) is 13.1 Å². The van der Waals surface area contributed by atoms with Crippen molar-refractivity contribution in [1.29, 1.82) is 0 Å². The Labute approximate surface area is 117 Å². The van der Waals surface area contributed by atoms with Gasteiger partial charge in [-0.2, -0.15) is 0 Å². The Kier molecular flexibility index (Phi) is 5.59. The van der Waals surface area contributed by atoms with Gasteiger partial charge in [0.2, 0.25) is 15.9 Å². The molecule has 1 aromatic rings. The number of nitrogens with one attached hydrogen (secondary N) is 3. The van der Waals surface area contributed by atoms with Gasteiger partial charge in [0.15, 0.2) is 0 Å². The second-order valence-electron chi connectivity index (χ2n) is 3.97. The van der Waals surface area contributed by atoms with E-state index in [0.29, 0.717) is 18.7 Å². The minimum Gasteiger partial charge on any atom is -0.326 e. The predicted octanol–water partition coefficient (Wildman–Crippen LogP) is 1.26. The highest BCUT2D eigenvalue weighted by molar-refractivity contribution is 7.92. The van der Waals surface area contributed by atoms with E-state index < -0.39 is 10.0 Å². The van der Waals surface area contributed by atoms with E-state index in [1.807, 2.05) is 0 Å². The molecule has 3 N–H and O–H groups in total. The number of amides is 1. The van der Waals surface area contributed by atoms with Gasteiger partial charge in [0.05, 0.1) is 17.0 Å². The van der Waals surface area contributed by atoms with Crippen molar-refractivity contribution in [2.24, 2.45) is 0 Å². The Morgan fingerprint density at radius 3 is 2.58 bits per heavy atom. The van der Waals surface area contributed by atoms with Crippen LogP contribution in [0.3, 0.4) is 0 Å². The zero-order valence-corrected chi connectivity index (χ0v) is 12.2. The summed E-state index contributed by atoms with van der Waals surface area (Å²) in [6.45, 7) is 0.577. The summed E-state index contributed by atoms with van der Waals surface area (Å²) in [7, 11) is -1.62. The Morgan fingerprint density at radius 2 is 2.05 bits per heavy atom. The van der Waals surface area contributed by atoms with Gasteiger partial charge in [0.25, 0.3) is 0 Å². The molecule has 0 unspecified atom stereocenters. The Hall–Kier alpha value is -1.31. The molecule has 0 radical (unpaired) electrons. The van der Waals surface area contributed by atoms with E-state index in [0.717, 1.165) is 6.26 Å². The summed E-state index contributed by atoms with van der Waals surface area (Å²) in [6.07, 6.45) is 1.38. The lowest BCUT2D eigenvalue weighted by Crippen LogP contribution is -2.18. The molecular formula is C11H16ClN3O3S. The van der Waals surface area contributed by atoms with Crippen LogP contribution >= 0.6 is 11.6 Å². The quantitative estimate of drug-likeness (QED) is 0.738. The van der Waals surface area contributed by atoms with E-state index in [-0.39, 0.29) is 16.6 Å². The second-order valence-corrected chi connectivity index (χ2v) is 6.13. The number of rotatable bonds is 6. The molecule has 6 nitrogen and oxygen atoms in total. The summed E-state index contributed by atoms with van der Waals surface area (Å²) in [6, 6.07) is 4.57. The summed E-state index contributed by atoms with van der Waals surface area (Å²) in [5.41, 5.74) is 0.794. The molecule has 1 aromatic carbocycles. The topological polar surface area (TPSA) is 87.3 Å². The third-order valence-corrected chi connectivity index (χ3v) is 3.05. The van der Waals surface area contributed by atoms with Crippen molar-refractivity contribution < 1.29 is 13.2 Å². The maximum absolute atomic E-state index is 11.5. The van der Waals surface area contributed by atoms with Gasteiger partial charge in [-0.1, -0.05) is 11.6 Å². The highest BCUT2D eigenvalue weighted by Gasteiger charge is 2.08. The fourth-order valence-electron chi connectivity index (χ4n) is 1.34. The molecule has 0 saturated carbocycles. The monoisotopic (exact) mass is 305 g/mol. The molecule has 0 aromatic heterocycles. The first kappa shape index (κ1) is 15.7. The van der Waals surface area contributed by atoms with Gasteiger partial charge in [-0.25, -0.2) is 8.42 Å². The molecule has 1 amide bonds. The third-order valence-electron chi connectivity index (χ3n) is 2.15. The molecule has 0 aliphatic rings. The highest BCUT2D eigenvalue weighted by atomic mass is 35.5. The number of anilines is 2. The summed E-state index contributed by atoms with van der Waals surface area (Å²) < 4.78 is 24.5. The Morgan fingerprint density at radius 1 is 1.37 bits per heavy atom. The molecule has 0 fully saturated rings.